The van der Waals surface area contributed by atoms with E-state index in [9.17, 15) is 4.79 Å². The number of carbonyl (C=O) groups excluding carboxylic acids is 1. The van der Waals surface area contributed by atoms with Gasteiger partial charge < -0.3 is 10.5 Å². The van der Waals surface area contributed by atoms with Gasteiger partial charge in [-0.2, -0.15) is 0 Å². The number of amides is 1. The molecule has 1 aromatic carbocycles. The monoisotopic (exact) mass is 249 g/mol. The van der Waals surface area contributed by atoms with Gasteiger partial charge in [-0.3, -0.25) is 10.1 Å². The van der Waals surface area contributed by atoms with Crippen molar-refractivity contribution in [1.82, 2.24) is 4.98 Å². The lowest BCUT2D eigenvalue weighted by Crippen LogP contribution is -2.20. The maximum Gasteiger partial charge on any atom is 0.264 e. The summed E-state index contributed by atoms with van der Waals surface area (Å²) in [5.41, 5.74) is 6.18. The van der Waals surface area contributed by atoms with Gasteiger partial charge in [0, 0.05) is 11.6 Å². The highest BCUT2D eigenvalue weighted by molar-refractivity contribution is 7.13. The molecule has 0 bridgehead atoms. The van der Waals surface area contributed by atoms with Gasteiger partial charge in [-0.05, 0) is 12.1 Å². The number of ether oxygens (including phenoxy) is 1. The molecule has 0 aliphatic heterocycles. The van der Waals surface area contributed by atoms with Crippen LogP contribution < -0.4 is 15.8 Å². The molecule has 6 heteroatoms. The number of nitrogens with zero attached hydrogens (tertiary/aromatic N) is 1. The van der Waals surface area contributed by atoms with Crippen LogP contribution in [0, 0.1) is 0 Å². The quantitative estimate of drug-likeness (QED) is 0.809. The van der Waals surface area contributed by atoms with Crippen molar-refractivity contribution in [3.8, 4) is 5.75 Å². The molecule has 0 aliphatic carbocycles. The van der Waals surface area contributed by atoms with Crippen LogP contribution in [0.4, 0.5) is 10.8 Å². The molecule has 1 amide bonds. The van der Waals surface area contributed by atoms with E-state index < -0.39 is 0 Å². The second-order valence-corrected chi connectivity index (χ2v) is 4.11. The number of para-hydroxylation sites is 2. The lowest BCUT2D eigenvalue weighted by Gasteiger charge is -2.07. The third kappa shape index (κ3) is 3.18. The molecule has 17 heavy (non-hydrogen) atoms. The SMILES string of the molecule is Nc1ccccc1OCC(=O)Nc1nccs1. The van der Waals surface area contributed by atoms with Crippen molar-refractivity contribution >= 4 is 28.1 Å². The van der Waals surface area contributed by atoms with Crippen LogP contribution >= 0.6 is 11.3 Å². The van der Waals surface area contributed by atoms with Gasteiger partial charge in [0.1, 0.15) is 5.75 Å². The molecule has 1 heterocycles. The molecule has 3 N–H and O–H groups in total. The number of benzene rings is 1. The zero-order valence-corrected chi connectivity index (χ0v) is 9.74. The molecular formula is C11H11N3O2S. The topological polar surface area (TPSA) is 77.2 Å². The van der Waals surface area contributed by atoms with Gasteiger partial charge in [-0.1, -0.05) is 12.1 Å². The Balaban J connectivity index is 1.86. The summed E-state index contributed by atoms with van der Waals surface area (Å²) in [6, 6.07) is 7.03. The largest absolute Gasteiger partial charge is 0.482 e. The van der Waals surface area contributed by atoms with E-state index in [0.29, 0.717) is 16.6 Å². The lowest BCUT2D eigenvalue weighted by atomic mass is 10.3. The Kier molecular flexibility index (Phi) is 3.56. The summed E-state index contributed by atoms with van der Waals surface area (Å²) in [6.07, 6.45) is 1.62. The van der Waals surface area contributed by atoms with Crippen molar-refractivity contribution in [1.29, 1.82) is 0 Å². The molecule has 2 rings (SSSR count). The van der Waals surface area contributed by atoms with E-state index in [1.807, 2.05) is 0 Å². The number of carbonyl (C=O) groups is 1. The van der Waals surface area contributed by atoms with Crippen LogP contribution in [-0.4, -0.2) is 17.5 Å². The lowest BCUT2D eigenvalue weighted by molar-refractivity contribution is -0.118. The molecule has 2 aromatic rings. The summed E-state index contributed by atoms with van der Waals surface area (Å²) in [5, 5.41) is 4.95. The van der Waals surface area contributed by atoms with Gasteiger partial charge >= 0.3 is 0 Å². The third-order valence-electron chi connectivity index (χ3n) is 1.96. The number of nitrogens with two attached hydrogens (primary N) is 1. The summed E-state index contributed by atoms with van der Waals surface area (Å²) in [6.45, 7) is -0.0895. The molecule has 0 saturated heterocycles. The molecule has 0 saturated carbocycles. The summed E-state index contributed by atoms with van der Waals surface area (Å²) >= 11 is 1.35. The first-order valence-electron chi connectivity index (χ1n) is 4.92. The van der Waals surface area contributed by atoms with E-state index in [2.05, 4.69) is 10.3 Å². The number of hydrogen-bond donors (Lipinski definition) is 2. The minimum Gasteiger partial charge on any atom is -0.482 e. The maximum absolute atomic E-state index is 11.5. The van der Waals surface area contributed by atoms with Gasteiger partial charge in [0.25, 0.3) is 5.91 Å². The van der Waals surface area contributed by atoms with Crippen molar-refractivity contribution in [3.05, 3.63) is 35.8 Å². The van der Waals surface area contributed by atoms with Crippen molar-refractivity contribution in [2.75, 3.05) is 17.7 Å². The van der Waals surface area contributed by atoms with E-state index in [-0.39, 0.29) is 12.5 Å². The zero-order valence-electron chi connectivity index (χ0n) is 8.92. The van der Waals surface area contributed by atoms with Crippen LogP contribution in [0.3, 0.4) is 0 Å². The normalized spacial score (nSPS) is 9.88. The summed E-state index contributed by atoms with van der Waals surface area (Å²) in [5.74, 6) is 0.241. The molecule has 1 aromatic heterocycles. The Labute approximate surface area is 102 Å². The molecule has 0 spiro atoms. The van der Waals surface area contributed by atoms with E-state index in [1.165, 1.54) is 11.3 Å². The predicted octanol–water partition coefficient (Wildman–Crippen LogP) is 1.74. The van der Waals surface area contributed by atoms with Gasteiger partial charge in [-0.15, -0.1) is 11.3 Å². The Bertz CT molecular complexity index is 499. The minimum atomic E-state index is -0.261. The van der Waals surface area contributed by atoms with Crippen LogP contribution in [0.25, 0.3) is 0 Å². The van der Waals surface area contributed by atoms with Gasteiger partial charge in [0.15, 0.2) is 11.7 Å². The highest BCUT2D eigenvalue weighted by Crippen LogP contribution is 2.19. The molecule has 0 fully saturated rings. The number of nitrogen functional groups attached to an aromatic ring is 1. The summed E-state index contributed by atoms with van der Waals surface area (Å²) in [7, 11) is 0. The van der Waals surface area contributed by atoms with Crippen LogP contribution in [0.15, 0.2) is 35.8 Å². The maximum atomic E-state index is 11.5. The first kappa shape index (κ1) is 11.4. The zero-order chi connectivity index (χ0) is 12.1. The van der Waals surface area contributed by atoms with E-state index >= 15 is 0 Å². The first-order chi connectivity index (χ1) is 8.25. The highest BCUT2D eigenvalue weighted by Gasteiger charge is 2.06. The molecule has 0 unspecified atom stereocenters. The highest BCUT2D eigenvalue weighted by atomic mass is 32.1. The standard InChI is InChI=1S/C11H11N3O2S/c12-8-3-1-2-4-9(8)16-7-10(15)14-11-13-5-6-17-11/h1-6H,7,12H2,(H,13,14,15). The van der Waals surface area contributed by atoms with Crippen molar-refractivity contribution in [2.24, 2.45) is 0 Å². The average molecular weight is 249 g/mol. The summed E-state index contributed by atoms with van der Waals surface area (Å²) in [4.78, 5) is 15.4. The van der Waals surface area contributed by atoms with E-state index in [1.54, 1.807) is 35.8 Å². The predicted molar refractivity (Wildman–Crippen MR) is 67.1 cm³/mol. The molecular weight excluding hydrogens is 238 g/mol. The Hall–Kier alpha value is -2.08. The van der Waals surface area contributed by atoms with Crippen molar-refractivity contribution in [3.63, 3.8) is 0 Å². The molecule has 5 nitrogen and oxygen atoms in total. The van der Waals surface area contributed by atoms with Crippen molar-refractivity contribution in [2.45, 2.75) is 0 Å². The average Bonchev–Trinajstić information content (AvgIpc) is 2.81. The van der Waals surface area contributed by atoms with Crippen LogP contribution in [-0.2, 0) is 4.79 Å². The van der Waals surface area contributed by atoms with Gasteiger partial charge in [0.2, 0.25) is 0 Å². The molecule has 88 valence electrons. The third-order valence-corrected chi connectivity index (χ3v) is 2.64. The second kappa shape index (κ2) is 5.31. The number of anilines is 2. The fourth-order valence-corrected chi connectivity index (χ4v) is 1.74. The summed E-state index contributed by atoms with van der Waals surface area (Å²) < 4.78 is 5.29. The van der Waals surface area contributed by atoms with E-state index in [0.717, 1.165) is 0 Å². The molecule has 0 radical (unpaired) electrons. The molecule has 0 aliphatic rings. The number of aromatic nitrogens is 1. The van der Waals surface area contributed by atoms with Crippen LogP contribution in [0.1, 0.15) is 0 Å². The number of thiazole rings is 1. The number of nitrogens with one attached hydrogen (secondary N) is 1. The second-order valence-electron chi connectivity index (χ2n) is 3.21. The fraction of sp³-hybridized carbons (Fsp3) is 0.0909. The minimum absolute atomic E-state index is 0.0895. The first-order valence-corrected chi connectivity index (χ1v) is 5.80. The Morgan fingerprint density at radius 1 is 1.47 bits per heavy atom. The van der Waals surface area contributed by atoms with E-state index in [4.69, 9.17) is 10.5 Å². The Morgan fingerprint density at radius 2 is 2.29 bits per heavy atom. The van der Waals surface area contributed by atoms with Crippen LogP contribution in [0.5, 0.6) is 5.75 Å². The Morgan fingerprint density at radius 3 is 3.00 bits per heavy atom. The molecule has 0 atom stereocenters. The van der Waals surface area contributed by atoms with Gasteiger partial charge in [-0.25, -0.2) is 4.98 Å². The number of hydrogen-bond acceptors (Lipinski definition) is 5. The van der Waals surface area contributed by atoms with Crippen LogP contribution in [0.2, 0.25) is 0 Å². The van der Waals surface area contributed by atoms with Crippen molar-refractivity contribution < 1.29 is 9.53 Å². The number of rotatable bonds is 4. The fourth-order valence-electron chi connectivity index (χ4n) is 1.20. The smallest absolute Gasteiger partial charge is 0.264 e. The van der Waals surface area contributed by atoms with Gasteiger partial charge in [0.05, 0.1) is 5.69 Å².